The molecule has 4 heteroatoms. The molecule has 1 aromatic carbocycles. The van der Waals surface area contributed by atoms with Gasteiger partial charge in [-0.15, -0.1) is 0 Å². The summed E-state index contributed by atoms with van der Waals surface area (Å²) in [6.07, 6.45) is 0.790. The fourth-order valence-corrected chi connectivity index (χ4v) is 1.65. The minimum absolute atomic E-state index is 0.0229. The Balaban J connectivity index is 2.59. The lowest BCUT2D eigenvalue weighted by atomic mass is 10.1. The van der Waals surface area contributed by atoms with Crippen molar-refractivity contribution in [1.29, 1.82) is 5.26 Å². The zero-order valence-corrected chi connectivity index (χ0v) is 10.1. The van der Waals surface area contributed by atoms with Crippen LogP contribution in [0.5, 0.6) is 0 Å². The summed E-state index contributed by atoms with van der Waals surface area (Å²) in [4.78, 5) is 1.93. The number of benzene rings is 1. The molecule has 1 unspecified atom stereocenters. The van der Waals surface area contributed by atoms with Crippen LogP contribution in [-0.4, -0.2) is 18.5 Å². The lowest BCUT2D eigenvalue weighted by molar-refractivity contribution is 0.291. The maximum Gasteiger partial charge on any atom is 0.159 e. The van der Waals surface area contributed by atoms with Crippen molar-refractivity contribution in [3.8, 4) is 6.07 Å². The molecule has 0 N–H and O–H groups in total. The largest absolute Gasteiger partial charge is 0.301 e. The summed E-state index contributed by atoms with van der Waals surface area (Å²) in [5.74, 6) is -1.69. The van der Waals surface area contributed by atoms with Crippen molar-refractivity contribution in [2.45, 2.75) is 19.9 Å². The van der Waals surface area contributed by atoms with Gasteiger partial charge in [-0.2, -0.15) is 5.26 Å². The van der Waals surface area contributed by atoms with E-state index < -0.39 is 11.6 Å². The monoisotopic (exact) mass is 238 g/mol. The van der Waals surface area contributed by atoms with E-state index in [4.69, 9.17) is 5.26 Å². The molecule has 1 rings (SSSR count). The molecule has 0 radical (unpaired) electrons. The molecule has 1 aromatic rings. The summed E-state index contributed by atoms with van der Waals surface area (Å²) in [5.41, 5.74) is 0.708. The van der Waals surface area contributed by atoms with Crippen molar-refractivity contribution >= 4 is 0 Å². The van der Waals surface area contributed by atoms with Gasteiger partial charge in [-0.1, -0.05) is 13.0 Å². The van der Waals surface area contributed by atoms with Gasteiger partial charge in [0.05, 0.1) is 12.0 Å². The highest BCUT2D eigenvalue weighted by molar-refractivity contribution is 5.17. The van der Waals surface area contributed by atoms with Crippen LogP contribution < -0.4 is 0 Å². The molecule has 17 heavy (non-hydrogen) atoms. The summed E-state index contributed by atoms with van der Waals surface area (Å²) in [6, 6.07) is 6.09. The SMILES string of the molecule is CCC(C#N)CN(C)Cc1ccc(F)c(F)c1. The summed E-state index contributed by atoms with van der Waals surface area (Å²) in [5, 5.41) is 8.84. The molecule has 0 saturated heterocycles. The van der Waals surface area contributed by atoms with E-state index in [0.717, 1.165) is 12.5 Å². The first-order valence-electron chi connectivity index (χ1n) is 5.59. The van der Waals surface area contributed by atoms with Gasteiger partial charge < -0.3 is 4.90 Å². The number of halogens is 2. The zero-order valence-electron chi connectivity index (χ0n) is 10.1. The molecular weight excluding hydrogens is 222 g/mol. The maximum absolute atomic E-state index is 13.0. The smallest absolute Gasteiger partial charge is 0.159 e. The highest BCUT2D eigenvalue weighted by atomic mass is 19.2. The second kappa shape index (κ2) is 6.31. The first-order chi connectivity index (χ1) is 8.06. The Morgan fingerprint density at radius 2 is 2.06 bits per heavy atom. The van der Waals surface area contributed by atoms with Crippen molar-refractivity contribution in [2.24, 2.45) is 5.92 Å². The minimum atomic E-state index is -0.833. The van der Waals surface area contributed by atoms with Gasteiger partial charge in [0.2, 0.25) is 0 Å². The highest BCUT2D eigenvalue weighted by Gasteiger charge is 2.10. The summed E-state index contributed by atoms with van der Waals surface area (Å²) in [7, 11) is 1.86. The molecule has 0 aliphatic rings. The van der Waals surface area contributed by atoms with E-state index in [9.17, 15) is 8.78 Å². The number of hydrogen-bond donors (Lipinski definition) is 0. The molecule has 0 amide bonds. The molecular formula is C13H16F2N2. The fraction of sp³-hybridized carbons (Fsp3) is 0.462. The van der Waals surface area contributed by atoms with E-state index in [1.165, 1.54) is 6.07 Å². The van der Waals surface area contributed by atoms with Gasteiger partial charge in [-0.25, -0.2) is 8.78 Å². The van der Waals surface area contributed by atoms with Gasteiger partial charge in [0.1, 0.15) is 0 Å². The summed E-state index contributed by atoms with van der Waals surface area (Å²) < 4.78 is 25.7. The molecule has 0 aliphatic heterocycles. The molecule has 1 atom stereocenters. The van der Waals surface area contributed by atoms with E-state index in [1.54, 1.807) is 6.07 Å². The average molecular weight is 238 g/mol. The highest BCUT2D eigenvalue weighted by Crippen LogP contribution is 2.11. The Labute approximate surface area is 100 Å². The van der Waals surface area contributed by atoms with Crippen molar-refractivity contribution in [2.75, 3.05) is 13.6 Å². The lowest BCUT2D eigenvalue weighted by Crippen LogP contribution is -2.24. The lowest BCUT2D eigenvalue weighted by Gasteiger charge is -2.19. The second-order valence-electron chi connectivity index (χ2n) is 4.18. The molecule has 0 aliphatic carbocycles. The second-order valence-corrected chi connectivity index (χ2v) is 4.18. The first-order valence-corrected chi connectivity index (χ1v) is 5.59. The topological polar surface area (TPSA) is 27.0 Å². The maximum atomic E-state index is 13.0. The Morgan fingerprint density at radius 1 is 1.35 bits per heavy atom. The number of rotatable bonds is 5. The molecule has 2 nitrogen and oxygen atoms in total. The van der Waals surface area contributed by atoms with Gasteiger partial charge in [0, 0.05) is 13.1 Å². The van der Waals surface area contributed by atoms with Crippen molar-refractivity contribution in [3.05, 3.63) is 35.4 Å². The van der Waals surface area contributed by atoms with Gasteiger partial charge >= 0.3 is 0 Å². The number of nitriles is 1. The predicted molar refractivity (Wildman–Crippen MR) is 62.1 cm³/mol. The molecule has 0 bridgehead atoms. The quantitative estimate of drug-likeness (QED) is 0.788. The average Bonchev–Trinajstić information content (AvgIpc) is 2.31. The molecule has 0 aromatic heterocycles. The molecule has 0 fully saturated rings. The van der Waals surface area contributed by atoms with Crippen LogP contribution in [0.1, 0.15) is 18.9 Å². The molecule has 0 heterocycles. The fourth-order valence-electron chi connectivity index (χ4n) is 1.65. The van der Waals surface area contributed by atoms with E-state index in [2.05, 4.69) is 6.07 Å². The standard InChI is InChI=1S/C13H16F2N2/c1-3-10(7-16)8-17(2)9-11-4-5-12(14)13(15)6-11/h4-6,10H,3,8-9H2,1-2H3. The van der Waals surface area contributed by atoms with Gasteiger partial charge in [-0.05, 0) is 31.2 Å². The molecule has 92 valence electrons. The molecule has 0 spiro atoms. The first kappa shape index (κ1) is 13.6. The van der Waals surface area contributed by atoms with Gasteiger partial charge in [0.15, 0.2) is 11.6 Å². The zero-order chi connectivity index (χ0) is 12.8. The Kier molecular flexibility index (Phi) is 5.05. The van der Waals surface area contributed by atoms with Crippen LogP contribution in [0.15, 0.2) is 18.2 Å². The van der Waals surface area contributed by atoms with Crippen LogP contribution in [0.25, 0.3) is 0 Å². The normalized spacial score (nSPS) is 12.5. The van der Waals surface area contributed by atoms with E-state index in [-0.39, 0.29) is 5.92 Å². The van der Waals surface area contributed by atoms with E-state index >= 15 is 0 Å². The van der Waals surface area contributed by atoms with E-state index in [1.807, 2.05) is 18.9 Å². The van der Waals surface area contributed by atoms with Crippen LogP contribution in [-0.2, 0) is 6.54 Å². The van der Waals surface area contributed by atoms with Crippen molar-refractivity contribution in [3.63, 3.8) is 0 Å². The van der Waals surface area contributed by atoms with Crippen molar-refractivity contribution < 1.29 is 8.78 Å². The predicted octanol–water partition coefficient (Wildman–Crippen LogP) is 2.95. The van der Waals surface area contributed by atoms with Crippen molar-refractivity contribution in [1.82, 2.24) is 4.90 Å². The van der Waals surface area contributed by atoms with Crippen LogP contribution >= 0.6 is 0 Å². The third-order valence-electron chi connectivity index (χ3n) is 2.64. The number of nitrogens with zero attached hydrogens (tertiary/aromatic N) is 2. The Hall–Kier alpha value is -1.47. The van der Waals surface area contributed by atoms with Crippen LogP contribution in [0, 0.1) is 28.9 Å². The van der Waals surface area contributed by atoms with Crippen LogP contribution in [0.2, 0.25) is 0 Å². The third kappa shape index (κ3) is 4.12. The Morgan fingerprint density at radius 3 is 2.59 bits per heavy atom. The third-order valence-corrected chi connectivity index (χ3v) is 2.64. The van der Waals surface area contributed by atoms with Crippen LogP contribution in [0.4, 0.5) is 8.78 Å². The van der Waals surface area contributed by atoms with E-state index in [0.29, 0.717) is 18.7 Å². The Bertz CT molecular complexity index is 412. The van der Waals surface area contributed by atoms with Crippen LogP contribution in [0.3, 0.4) is 0 Å². The summed E-state index contributed by atoms with van der Waals surface area (Å²) in [6.45, 7) is 3.10. The molecule has 0 saturated carbocycles. The number of hydrogen-bond acceptors (Lipinski definition) is 2. The minimum Gasteiger partial charge on any atom is -0.301 e. The van der Waals surface area contributed by atoms with Gasteiger partial charge in [-0.3, -0.25) is 0 Å². The summed E-state index contributed by atoms with van der Waals surface area (Å²) >= 11 is 0. The van der Waals surface area contributed by atoms with Gasteiger partial charge in [0.25, 0.3) is 0 Å².